The fourth-order valence-electron chi connectivity index (χ4n) is 4.03. The Morgan fingerprint density at radius 3 is 2.92 bits per heavy atom. The number of aromatic amines is 1. The van der Waals surface area contributed by atoms with Gasteiger partial charge in [0, 0.05) is 19.1 Å². The monoisotopic (exact) mass is 326 g/mol. The normalized spacial score (nSPS) is 22.2. The fourth-order valence-corrected chi connectivity index (χ4v) is 4.03. The molecule has 0 bridgehead atoms. The van der Waals surface area contributed by atoms with E-state index in [0.29, 0.717) is 6.04 Å². The van der Waals surface area contributed by atoms with Gasteiger partial charge in [-0.1, -0.05) is 18.9 Å². The molecule has 1 aromatic heterocycles. The van der Waals surface area contributed by atoms with Crippen LogP contribution in [0, 0.1) is 12.8 Å². The zero-order chi connectivity index (χ0) is 16.5. The number of carbonyl (C=O) groups is 1. The molecule has 1 aromatic carbocycles. The highest BCUT2D eigenvalue weighted by Gasteiger charge is 2.29. The molecule has 1 amide bonds. The van der Waals surface area contributed by atoms with Crippen molar-refractivity contribution in [1.29, 1.82) is 0 Å². The van der Waals surface area contributed by atoms with Gasteiger partial charge in [-0.2, -0.15) is 0 Å². The molecule has 2 aromatic rings. The van der Waals surface area contributed by atoms with E-state index in [2.05, 4.69) is 40.3 Å². The molecule has 0 spiro atoms. The first-order valence-corrected chi connectivity index (χ1v) is 9.21. The zero-order valence-electron chi connectivity index (χ0n) is 14.3. The Morgan fingerprint density at radius 1 is 1.25 bits per heavy atom. The van der Waals surface area contributed by atoms with Crippen molar-refractivity contribution in [2.75, 3.05) is 18.0 Å². The van der Waals surface area contributed by atoms with Gasteiger partial charge in [-0.05, 0) is 50.3 Å². The molecule has 2 heterocycles. The first-order valence-electron chi connectivity index (χ1n) is 9.21. The van der Waals surface area contributed by atoms with E-state index in [0.717, 1.165) is 55.8 Å². The molecular weight excluding hydrogens is 300 g/mol. The summed E-state index contributed by atoms with van der Waals surface area (Å²) in [7, 11) is 0. The molecule has 1 atom stereocenters. The maximum Gasteiger partial charge on any atom is 0.225 e. The second kappa shape index (κ2) is 6.46. The minimum atomic E-state index is 0.0781. The first kappa shape index (κ1) is 15.5. The molecule has 2 N–H and O–H groups in total. The van der Waals surface area contributed by atoms with Gasteiger partial charge in [-0.3, -0.25) is 4.79 Å². The number of aryl methyl sites for hydroxylation is 1. The summed E-state index contributed by atoms with van der Waals surface area (Å²) in [5.41, 5.74) is 3.29. The maximum absolute atomic E-state index is 12.6. The molecule has 0 radical (unpaired) electrons. The van der Waals surface area contributed by atoms with E-state index in [1.54, 1.807) is 0 Å². The maximum atomic E-state index is 12.6. The van der Waals surface area contributed by atoms with Crippen molar-refractivity contribution >= 4 is 22.9 Å². The Labute approximate surface area is 142 Å². The SMILES string of the molecule is Cc1ccc2nc(N3CCC[C@H](C(=O)NC4CCCC4)C3)[nH]c2c1. The summed E-state index contributed by atoms with van der Waals surface area (Å²) in [4.78, 5) is 22.9. The molecule has 1 aliphatic heterocycles. The lowest BCUT2D eigenvalue weighted by atomic mass is 9.97. The van der Waals surface area contributed by atoms with Gasteiger partial charge in [-0.15, -0.1) is 0 Å². The van der Waals surface area contributed by atoms with Crippen LogP contribution in [0.25, 0.3) is 11.0 Å². The average molecular weight is 326 g/mol. The minimum absolute atomic E-state index is 0.0781. The van der Waals surface area contributed by atoms with Crippen molar-refractivity contribution in [1.82, 2.24) is 15.3 Å². The summed E-state index contributed by atoms with van der Waals surface area (Å²) >= 11 is 0. The number of hydrogen-bond acceptors (Lipinski definition) is 3. The molecule has 0 unspecified atom stereocenters. The van der Waals surface area contributed by atoms with Gasteiger partial charge in [0.05, 0.1) is 17.0 Å². The highest BCUT2D eigenvalue weighted by Crippen LogP contribution is 2.25. The molecule has 2 aliphatic rings. The number of nitrogens with one attached hydrogen (secondary N) is 2. The molecule has 5 nitrogen and oxygen atoms in total. The Hall–Kier alpha value is -2.04. The predicted octanol–water partition coefficient (Wildman–Crippen LogP) is 3.15. The number of hydrogen-bond donors (Lipinski definition) is 2. The third-order valence-electron chi connectivity index (χ3n) is 5.42. The van der Waals surface area contributed by atoms with Crippen LogP contribution in [0.1, 0.15) is 44.1 Å². The summed E-state index contributed by atoms with van der Waals surface area (Å²) in [6.45, 7) is 3.81. The van der Waals surface area contributed by atoms with Crippen LogP contribution in [0.5, 0.6) is 0 Å². The van der Waals surface area contributed by atoms with Crippen LogP contribution in [-0.4, -0.2) is 35.0 Å². The fraction of sp³-hybridized carbons (Fsp3) is 0.579. The Kier molecular flexibility index (Phi) is 4.17. The van der Waals surface area contributed by atoms with Crippen molar-refractivity contribution in [2.45, 2.75) is 51.5 Å². The minimum Gasteiger partial charge on any atom is -0.353 e. The average Bonchev–Trinajstić information content (AvgIpc) is 3.24. The van der Waals surface area contributed by atoms with E-state index in [-0.39, 0.29) is 11.8 Å². The van der Waals surface area contributed by atoms with Crippen molar-refractivity contribution in [3.63, 3.8) is 0 Å². The Bertz CT molecular complexity index is 732. The zero-order valence-corrected chi connectivity index (χ0v) is 14.3. The number of aromatic nitrogens is 2. The molecule has 5 heteroatoms. The quantitative estimate of drug-likeness (QED) is 0.911. The van der Waals surface area contributed by atoms with Gasteiger partial charge in [0.1, 0.15) is 0 Å². The van der Waals surface area contributed by atoms with Crippen molar-refractivity contribution in [2.24, 2.45) is 5.92 Å². The molecule has 24 heavy (non-hydrogen) atoms. The molecule has 4 rings (SSSR count). The number of rotatable bonds is 3. The van der Waals surface area contributed by atoms with Gasteiger partial charge in [0.2, 0.25) is 11.9 Å². The molecule has 128 valence electrons. The van der Waals surface area contributed by atoms with E-state index >= 15 is 0 Å². The number of fused-ring (bicyclic) bond motifs is 1. The van der Waals surface area contributed by atoms with Crippen LogP contribution in [-0.2, 0) is 4.79 Å². The largest absolute Gasteiger partial charge is 0.353 e. The topological polar surface area (TPSA) is 61.0 Å². The lowest BCUT2D eigenvalue weighted by Crippen LogP contribution is -2.45. The van der Waals surface area contributed by atoms with E-state index < -0.39 is 0 Å². The number of imidazole rings is 1. The van der Waals surface area contributed by atoms with Crippen LogP contribution < -0.4 is 10.2 Å². The predicted molar refractivity (Wildman–Crippen MR) is 96.2 cm³/mol. The standard InChI is InChI=1S/C19H26N4O/c1-13-8-9-16-17(11-13)22-19(21-16)23-10-4-5-14(12-23)18(24)20-15-6-2-3-7-15/h8-9,11,14-15H,2-7,10,12H2,1H3,(H,20,24)(H,21,22)/t14-/m0/s1. The van der Waals surface area contributed by atoms with E-state index in [1.165, 1.54) is 18.4 Å². The number of carbonyl (C=O) groups excluding carboxylic acids is 1. The number of anilines is 1. The second-order valence-electron chi connectivity index (χ2n) is 7.36. The van der Waals surface area contributed by atoms with Crippen molar-refractivity contribution in [3.05, 3.63) is 23.8 Å². The second-order valence-corrected chi connectivity index (χ2v) is 7.36. The van der Waals surface area contributed by atoms with E-state index in [4.69, 9.17) is 4.98 Å². The Morgan fingerprint density at radius 2 is 2.08 bits per heavy atom. The third kappa shape index (κ3) is 3.12. The summed E-state index contributed by atoms with van der Waals surface area (Å²) in [5.74, 6) is 1.21. The third-order valence-corrected chi connectivity index (χ3v) is 5.42. The first-order chi connectivity index (χ1) is 11.7. The van der Waals surface area contributed by atoms with Crippen molar-refractivity contribution in [3.8, 4) is 0 Å². The molecular formula is C19H26N4O. The highest BCUT2D eigenvalue weighted by molar-refractivity contribution is 5.81. The Balaban J connectivity index is 1.46. The number of nitrogens with zero attached hydrogens (tertiary/aromatic N) is 2. The van der Waals surface area contributed by atoms with Crippen LogP contribution in [0.15, 0.2) is 18.2 Å². The van der Waals surface area contributed by atoms with Gasteiger partial charge < -0.3 is 15.2 Å². The van der Waals surface area contributed by atoms with E-state index in [9.17, 15) is 4.79 Å². The summed E-state index contributed by atoms with van der Waals surface area (Å²) < 4.78 is 0. The van der Waals surface area contributed by atoms with Gasteiger partial charge in [0.15, 0.2) is 0 Å². The van der Waals surface area contributed by atoms with Gasteiger partial charge in [-0.25, -0.2) is 4.98 Å². The van der Waals surface area contributed by atoms with Gasteiger partial charge >= 0.3 is 0 Å². The van der Waals surface area contributed by atoms with Crippen LogP contribution in [0.3, 0.4) is 0 Å². The van der Waals surface area contributed by atoms with Crippen LogP contribution in [0.4, 0.5) is 5.95 Å². The lowest BCUT2D eigenvalue weighted by Gasteiger charge is -2.32. The van der Waals surface area contributed by atoms with Gasteiger partial charge in [0.25, 0.3) is 0 Å². The van der Waals surface area contributed by atoms with Crippen molar-refractivity contribution < 1.29 is 4.79 Å². The summed E-state index contributed by atoms with van der Waals surface area (Å²) in [6.07, 6.45) is 6.81. The summed E-state index contributed by atoms with van der Waals surface area (Å²) in [5, 5.41) is 3.26. The summed E-state index contributed by atoms with van der Waals surface area (Å²) in [6, 6.07) is 6.67. The molecule has 1 saturated carbocycles. The molecule has 1 saturated heterocycles. The lowest BCUT2D eigenvalue weighted by molar-refractivity contribution is -0.125. The smallest absolute Gasteiger partial charge is 0.225 e. The highest BCUT2D eigenvalue weighted by atomic mass is 16.2. The molecule has 2 fully saturated rings. The molecule has 1 aliphatic carbocycles. The number of H-pyrrole nitrogens is 1. The van der Waals surface area contributed by atoms with Crippen LogP contribution in [0.2, 0.25) is 0 Å². The van der Waals surface area contributed by atoms with Crippen LogP contribution >= 0.6 is 0 Å². The number of piperidine rings is 1. The number of benzene rings is 1. The number of amides is 1. The van der Waals surface area contributed by atoms with E-state index in [1.807, 2.05) is 0 Å².